The van der Waals surface area contributed by atoms with Gasteiger partial charge in [0, 0.05) is 25.2 Å². The first-order valence-electron chi connectivity index (χ1n) is 10.6. The maximum atomic E-state index is 13.4. The number of benzene rings is 2. The van der Waals surface area contributed by atoms with Gasteiger partial charge >= 0.3 is 0 Å². The van der Waals surface area contributed by atoms with Crippen LogP contribution in [0.3, 0.4) is 0 Å². The van der Waals surface area contributed by atoms with Crippen LogP contribution < -0.4 is 9.62 Å². The second-order valence-electron chi connectivity index (χ2n) is 7.78. The fourth-order valence-electron chi connectivity index (χ4n) is 3.19. The minimum atomic E-state index is -4.01. The molecule has 0 fully saturated rings. The zero-order valence-corrected chi connectivity index (χ0v) is 21.7. The van der Waals surface area contributed by atoms with Crippen molar-refractivity contribution in [2.75, 3.05) is 23.7 Å². The van der Waals surface area contributed by atoms with Gasteiger partial charge in [0.2, 0.25) is 21.8 Å². The Morgan fingerprint density at radius 1 is 1.14 bits per heavy atom. The van der Waals surface area contributed by atoms with Crippen molar-refractivity contribution in [2.24, 2.45) is 0 Å². The van der Waals surface area contributed by atoms with Gasteiger partial charge < -0.3 is 10.2 Å². The first kappa shape index (κ1) is 28.3. The van der Waals surface area contributed by atoms with Crippen molar-refractivity contribution >= 4 is 56.4 Å². The molecule has 190 valence electrons. The highest BCUT2D eigenvalue weighted by Gasteiger charge is 2.30. The SMILES string of the molecule is CCCNC(=O)[C@@H](C)N(Cc1ccc(Cl)c(Cl)c1)C(=O)CN(c1cccc([N+](=O)[O-])c1)S(C)(=O)=O. The molecular formula is C22H26Cl2N4O6S. The van der Waals surface area contributed by atoms with Crippen molar-refractivity contribution in [1.82, 2.24) is 10.2 Å². The lowest BCUT2D eigenvalue weighted by atomic mass is 10.1. The normalized spacial score (nSPS) is 12.0. The fourth-order valence-corrected chi connectivity index (χ4v) is 4.35. The van der Waals surface area contributed by atoms with Crippen molar-refractivity contribution in [3.05, 3.63) is 68.2 Å². The number of nitro groups is 1. The zero-order valence-electron chi connectivity index (χ0n) is 19.4. The van der Waals surface area contributed by atoms with Crippen molar-refractivity contribution < 1.29 is 22.9 Å². The molecule has 0 radical (unpaired) electrons. The van der Waals surface area contributed by atoms with Gasteiger partial charge in [-0.05, 0) is 37.1 Å². The summed E-state index contributed by atoms with van der Waals surface area (Å²) in [6, 6.07) is 8.74. The molecule has 2 aromatic carbocycles. The molecule has 0 heterocycles. The van der Waals surface area contributed by atoms with Crippen LogP contribution in [0.1, 0.15) is 25.8 Å². The highest BCUT2D eigenvalue weighted by molar-refractivity contribution is 7.92. The lowest BCUT2D eigenvalue weighted by molar-refractivity contribution is -0.384. The first-order chi connectivity index (χ1) is 16.3. The third kappa shape index (κ3) is 7.81. The van der Waals surface area contributed by atoms with Crippen LogP contribution in [0.4, 0.5) is 11.4 Å². The topological polar surface area (TPSA) is 130 Å². The van der Waals surface area contributed by atoms with Crippen LogP contribution in [-0.4, -0.2) is 55.4 Å². The summed E-state index contributed by atoms with van der Waals surface area (Å²) in [7, 11) is -4.01. The standard InChI is InChI=1S/C22H26Cl2N4O6S/c1-4-10-25-22(30)15(2)26(13-16-8-9-19(23)20(24)11-16)21(29)14-27(35(3,33)34)17-6-5-7-18(12-17)28(31)32/h5-9,11-12,15H,4,10,13-14H2,1-3H3,(H,25,30)/t15-/m1/s1. The van der Waals surface area contributed by atoms with Crippen LogP contribution in [0.2, 0.25) is 10.0 Å². The minimum Gasteiger partial charge on any atom is -0.354 e. The van der Waals surface area contributed by atoms with E-state index in [0.717, 1.165) is 16.6 Å². The van der Waals surface area contributed by atoms with E-state index in [9.17, 15) is 28.1 Å². The number of hydrogen-bond acceptors (Lipinski definition) is 6. The van der Waals surface area contributed by atoms with E-state index < -0.39 is 39.3 Å². The molecule has 0 saturated carbocycles. The molecule has 10 nitrogen and oxygen atoms in total. The van der Waals surface area contributed by atoms with Crippen molar-refractivity contribution in [3.63, 3.8) is 0 Å². The molecule has 1 atom stereocenters. The quantitative estimate of drug-likeness (QED) is 0.339. The molecule has 1 N–H and O–H groups in total. The molecule has 0 aliphatic carbocycles. The lowest BCUT2D eigenvalue weighted by Gasteiger charge is -2.31. The Balaban J connectivity index is 2.43. The number of anilines is 1. The summed E-state index contributed by atoms with van der Waals surface area (Å²) in [5.74, 6) is -1.10. The van der Waals surface area contributed by atoms with Crippen LogP contribution in [0, 0.1) is 10.1 Å². The summed E-state index contributed by atoms with van der Waals surface area (Å²) in [5, 5.41) is 14.5. The Kier molecular flexibility index (Phi) is 9.87. The number of sulfonamides is 1. The third-order valence-electron chi connectivity index (χ3n) is 5.06. The molecule has 0 aliphatic rings. The van der Waals surface area contributed by atoms with Gasteiger partial charge in [-0.25, -0.2) is 8.42 Å². The van der Waals surface area contributed by atoms with E-state index in [1.54, 1.807) is 18.2 Å². The van der Waals surface area contributed by atoms with Gasteiger partial charge in [0.15, 0.2) is 0 Å². The zero-order chi connectivity index (χ0) is 26.3. The lowest BCUT2D eigenvalue weighted by Crippen LogP contribution is -2.51. The molecule has 0 unspecified atom stereocenters. The van der Waals surface area contributed by atoms with Gasteiger partial charge in [-0.1, -0.05) is 42.3 Å². The average molecular weight is 545 g/mol. The molecule has 0 spiro atoms. The van der Waals surface area contributed by atoms with Gasteiger partial charge in [-0.15, -0.1) is 0 Å². The van der Waals surface area contributed by atoms with Crippen LogP contribution >= 0.6 is 23.2 Å². The summed E-state index contributed by atoms with van der Waals surface area (Å²) in [4.78, 5) is 37.8. The summed E-state index contributed by atoms with van der Waals surface area (Å²) in [6.45, 7) is 3.09. The number of carbonyl (C=O) groups excluding carboxylic acids is 2. The summed E-state index contributed by atoms with van der Waals surface area (Å²) >= 11 is 12.1. The van der Waals surface area contributed by atoms with E-state index in [0.29, 0.717) is 23.6 Å². The fraction of sp³-hybridized carbons (Fsp3) is 0.364. The van der Waals surface area contributed by atoms with Gasteiger partial charge in [-0.3, -0.25) is 24.0 Å². The highest BCUT2D eigenvalue weighted by Crippen LogP contribution is 2.25. The number of rotatable bonds is 11. The number of halogens is 2. The molecule has 2 amide bonds. The second-order valence-corrected chi connectivity index (χ2v) is 10.5. The molecular weight excluding hydrogens is 519 g/mol. The number of nitro benzene ring substituents is 1. The number of amides is 2. The highest BCUT2D eigenvalue weighted by atomic mass is 35.5. The molecule has 0 bridgehead atoms. The predicted octanol–water partition coefficient (Wildman–Crippen LogP) is 3.61. The van der Waals surface area contributed by atoms with E-state index in [4.69, 9.17) is 23.2 Å². The van der Waals surface area contributed by atoms with Gasteiger partial charge in [-0.2, -0.15) is 0 Å². The van der Waals surface area contributed by atoms with E-state index in [-0.39, 0.29) is 22.9 Å². The third-order valence-corrected chi connectivity index (χ3v) is 6.94. The average Bonchev–Trinajstić information content (AvgIpc) is 2.80. The van der Waals surface area contributed by atoms with Gasteiger partial charge in [0.25, 0.3) is 5.69 Å². The molecule has 35 heavy (non-hydrogen) atoms. The minimum absolute atomic E-state index is 0.0485. The smallest absolute Gasteiger partial charge is 0.271 e. The van der Waals surface area contributed by atoms with Gasteiger partial charge in [0.1, 0.15) is 12.6 Å². The number of non-ortho nitro benzene ring substituents is 1. The number of nitrogens with one attached hydrogen (secondary N) is 1. The Morgan fingerprint density at radius 2 is 1.83 bits per heavy atom. The molecule has 2 aromatic rings. The van der Waals surface area contributed by atoms with Crippen LogP contribution in [0.25, 0.3) is 0 Å². The largest absolute Gasteiger partial charge is 0.354 e. The Hall–Kier alpha value is -2.89. The van der Waals surface area contributed by atoms with Gasteiger partial charge in [0.05, 0.1) is 26.9 Å². The van der Waals surface area contributed by atoms with E-state index in [2.05, 4.69) is 5.32 Å². The van der Waals surface area contributed by atoms with Crippen LogP contribution in [-0.2, 0) is 26.2 Å². The van der Waals surface area contributed by atoms with E-state index in [1.165, 1.54) is 30.0 Å². The summed E-state index contributed by atoms with van der Waals surface area (Å²) < 4.78 is 25.8. The number of nitrogens with zero attached hydrogens (tertiary/aromatic N) is 3. The second kappa shape index (κ2) is 12.2. The van der Waals surface area contributed by atoms with Crippen molar-refractivity contribution in [3.8, 4) is 0 Å². The van der Waals surface area contributed by atoms with Crippen molar-refractivity contribution in [2.45, 2.75) is 32.9 Å². The molecule has 0 saturated heterocycles. The summed E-state index contributed by atoms with van der Waals surface area (Å²) in [5.41, 5.74) is 0.195. The van der Waals surface area contributed by atoms with Crippen LogP contribution in [0.15, 0.2) is 42.5 Å². The Labute approximate surface area is 214 Å². The van der Waals surface area contributed by atoms with E-state index in [1.807, 2.05) is 6.92 Å². The monoisotopic (exact) mass is 544 g/mol. The van der Waals surface area contributed by atoms with Crippen LogP contribution in [0.5, 0.6) is 0 Å². The Morgan fingerprint density at radius 3 is 2.40 bits per heavy atom. The first-order valence-corrected chi connectivity index (χ1v) is 13.2. The van der Waals surface area contributed by atoms with Crippen molar-refractivity contribution in [1.29, 1.82) is 0 Å². The number of hydrogen-bond donors (Lipinski definition) is 1. The molecule has 2 rings (SSSR count). The predicted molar refractivity (Wildman–Crippen MR) is 135 cm³/mol. The molecule has 0 aliphatic heterocycles. The summed E-state index contributed by atoms with van der Waals surface area (Å²) in [6.07, 6.45) is 1.58. The maximum Gasteiger partial charge on any atom is 0.271 e. The maximum absolute atomic E-state index is 13.4. The number of carbonyl (C=O) groups is 2. The van der Waals surface area contributed by atoms with E-state index >= 15 is 0 Å². The molecule has 0 aromatic heterocycles. The Bertz CT molecular complexity index is 1210. The molecule has 13 heteroatoms.